The molecule has 18 heavy (non-hydrogen) atoms. The summed E-state index contributed by atoms with van der Waals surface area (Å²) in [6, 6.07) is 5.85. The van der Waals surface area contributed by atoms with Crippen molar-refractivity contribution in [2.75, 3.05) is 0 Å². The zero-order chi connectivity index (χ0) is 13.0. The second kappa shape index (κ2) is 5.74. The van der Waals surface area contributed by atoms with E-state index in [1.165, 1.54) is 0 Å². The van der Waals surface area contributed by atoms with Crippen molar-refractivity contribution in [2.24, 2.45) is 10.8 Å². The molecule has 0 amide bonds. The lowest BCUT2D eigenvalue weighted by Gasteiger charge is -2.05. The fourth-order valence-electron chi connectivity index (χ4n) is 1.38. The van der Waals surface area contributed by atoms with E-state index in [1.54, 1.807) is 18.7 Å². The van der Waals surface area contributed by atoms with E-state index in [9.17, 15) is 0 Å². The van der Waals surface area contributed by atoms with Crippen molar-refractivity contribution in [2.45, 2.75) is 0 Å². The van der Waals surface area contributed by atoms with Gasteiger partial charge in [0, 0.05) is 16.9 Å². The summed E-state index contributed by atoms with van der Waals surface area (Å²) in [7, 11) is 0. The molecule has 1 aromatic heterocycles. The minimum atomic E-state index is 0.139. The van der Waals surface area contributed by atoms with Crippen molar-refractivity contribution in [3.8, 4) is 5.69 Å². The first-order chi connectivity index (χ1) is 8.66. The van der Waals surface area contributed by atoms with Crippen LogP contribution in [-0.4, -0.2) is 20.9 Å². The standard InChI is InChI=1S/C11H10BrN5S/c12-9-5-8(6-15-16-11(13)18)1-2-10(9)17-4-3-14-7-17/h1-7H,(H3,13,16,18). The van der Waals surface area contributed by atoms with Crippen molar-refractivity contribution in [1.29, 1.82) is 0 Å². The number of rotatable bonds is 3. The Kier molecular flexibility index (Phi) is 4.06. The van der Waals surface area contributed by atoms with Crippen molar-refractivity contribution in [1.82, 2.24) is 15.0 Å². The predicted octanol–water partition coefficient (Wildman–Crippen LogP) is 1.80. The van der Waals surface area contributed by atoms with Gasteiger partial charge in [-0.1, -0.05) is 6.07 Å². The second-order valence-corrected chi connectivity index (χ2v) is 4.71. The van der Waals surface area contributed by atoms with Crippen LogP contribution in [0, 0.1) is 0 Å². The molecular weight excluding hydrogens is 314 g/mol. The highest BCUT2D eigenvalue weighted by atomic mass is 79.9. The number of hydrazone groups is 1. The average molecular weight is 324 g/mol. The average Bonchev–Trinajstić information content (AvgIpc) is 2.82. The van der Waals surface area contributed by atoms with E-state index < -0.39 is 0 Å². The molecule has 2 rings (SSSR count). The number of nitrogens with one attached hydrogen (secondary N) is 1. The summed E-state index contributed by atoms with van der Waals surface area (Å²) in [5.74, 6) is 0. The Labute approximate surface area is 118 Å². The van der Waals surface area contributed by atoms with Gasteiger partial charge in [-0.15, -0.1) is 0 Å². The largest absolute Gasteiger partial charge is 0.375 e. The van der Waals surface area contributed by atoms with Crippen LogP contribution >= 0.6 is 28.1 Å². The first-order valence-corrected chi connectivity index (χ1v) is 6.23. The van der Waals surface area contributed by atoms with Gasteiger partial charge in [0.1, 0.15) is 0 Å². The van der Waals surface area contributed by atoms with Crippen molar-refractivity contribution in [3.63, 3.8) is 0 Å². The fraction of sp³-hybridized carbons (Fsp3) is 0. The molecular formula is C11H10BrN5S. The third kappa shape index (κ3) is 3.14. The molecule has 1 aromatic carbocycles. The summed E-state index contributed by atoms with van der Waals surface area (Å²) in [6.45, 7) is 0. The van der Waals surface area contributed by atoms with Crippen LogP contribution in [0.1, 0.15) is 5.56 Å². The monoisotopic (exact) mass is 323 g/mol. The Morgan fingerprint density at radius 1 is 1.56 bits per heavy atom. The van der Waals surface area contributed by atoms with Crippen LogP contribution in [-0.2, 0) is 0 Å². The maximum absolute atomic E-state index is 5.26. The molecule has 0 fully saturated rings. The molecule has 0 aliphatic heterocycles. The van der Waals surface area contributed by atoms with Crippen LogP contribution in [0.2, 0.25) is 0 Å². The Morgan fingerprint density at radius 2 is 2.39 bits per heavy atom. The van der Waals surface area contributed by atoms with Gasteiger partial charge in [-0.25, -0.2) is 4.98 Å². The molecule has 0 saturated heterocycles. The molecule has 0 radical (unpaired) electrons. The van der Waals surface area contributed by atoms with E-state index in [2.05, 4.69) is 43.7 Å². The highest BCUT2D eigenvalue weighted by Gasteiger charge is 2.02. The normalized spacial score (nSPS) is 10.7. The molecule has 92 valence electrons. The van der Waals surface area contributed by atoms with E-state index in [4.69, 9.17) is 5.73 Å². The van der Waals surface area contributed by atoms with Gasteiger partial charge >= 0.3 is 0 Å². The van der Waals surface area contributed by atoms with E-state index in [0.29, 0.717) is 0 Å². The number of imidazole rings is 1. The maximum atomic E-state index is 5.26. The minimum absolute atomic E-state index is 0.139. The lowest BCUT2D eigenvalue weighted by atomic mass is 10.2. The summed E-state index contributed by atoms with van der Waals surface area (Å²) in [4.78, 5) is 4.01. The highest BCUT2D eigenvalue weighted by Crippen LogP contribution is 2.21. The number of nitrogens with zero attached hydrogens (tertiary/aromatic N) is 3. The molecule has 0 bridgehead atoms. The summed E-state index contributed by atoms with van der Waals surface area (Å²) in [6.07, 6.45) is 6.99. The van der Waals surface area contributed by atoms with E-state index in [0.717, 1.165) is 15.7 Å². The lowest BCUT2D eigenvalue weighted by Crippen LogP contribution is -2.23. The van der Waals surface area contributed by atoms with Gasteiger partial charge in [-0.05, 0) is 45.8 Å². The van der Waals surface area contributed by atoms with E-state index in [-0.39, 0.29) is 5.11 Å². The molecule has 0 unspecified atom stereocenters. The number of thiocarbonyl (C=S) groups is 1. The number of benzene rings is 1. The fourth-order valence-corrected chi connectivity index (χ4v) is 2.04. The number of hydrogen-bond donors (Lipinski definition) is 2. The Hall–Kier alpha value is -1.73. The summed E-state index contributed by atoms with van der Waals surface area (Å²) < 4.78 is 2.86. The predicted molar refractivity (Wildman–Crippen MR) is 78.8 cm³/mol. The molecule has 0 aliphatic rings. The molecule has 1 heterocycles. The van der Waals surface area contributed by atoms with Gasteiger partial charge in [0.05, 0.1) is 18.2 Å². The van der Waals surface area contributed by atoms with Crippen LogP contribution < -0.4 is 11.2 Å². The van der Waals surface area contributed by atoms with Gasteiger partial charge in [-0.2, -0.15) is 5.10 Å². The first-order valence-electron chi connectivity index (χ1n) is 5.03. The topological polar surface area (TPSA) is 68.2 Å². The third-order valence-electron chi connectivity index (χ3n) is 2.14. The number of aromatic nitrogens is 2. The van der Waals surface area contributed by atoms with Crippen LogP contribution in [0.25, 0.3) is 5.69 Å². The maximum Gasteiger partial charge on any atom is 0.184 e. The van der Waals surface area contributed by atoms with Crippen LogP contribution in [0.15, 0.2) is 46.5 Å². The van der Waals surface area contributed by atoms with E-state index in [1.807, 2.05) is 29.0 Å². The molecule has 2 aromatic rings. The van der Waals surface area contributed by atoms with Crippen molar-refractivity contribution >= 4 is 39.5 Å². The highest BCUT2D eigenvalue weighted by molar-refractivity contribution is 9.10. The molecule has 7 heteroatoms. The van der Waals surface area contributed by atoms with Crippen LogP contribution in [0.4, 0.5) is 0 Å². The zero-order valence-electron chi connectivity index (χ0n) is 9.25. The first kappa shape index (κ1) is 12.7. The summed E-state index contributed by atoms with van der Waals surface area (Å²) in [5, 5.41) is 4.03. The quantitative estimate of drug-likeness (QED) is 0.513. The van der Waals surface area contributed by atoms with Crippen LogP contribution in [0.5, 0.6) is 0 Å². The Bertz CT molecular complexity index is 579. The number of hydrogen-bond acceptors (Lipinski definition) is 3. The Balaban J connectivity index is 2.20. The van der Waals surface area contributed by atoms with Gasteiger partial charge in [-0.3, -0.25) is 5.43 Å². The summed E-state index contributed by atoms with van der Waals surface area (Å²) in [5.41, 5.74) is 9.70. The van der Waals surface area contributed by atoms with Crippen LogP contribution in [0.3, 0.4) is 0 Å². The minimum Gasteiger partial charge on any atom is -0.375 e. The lowest BCUT2D eigenvalue weighted by molar-refractivity contribution is 1.04. The van der Waals surface area contributed by atoms with E-state index >= 15 is 0 Å². The van der Waals surface area contributed by atoms with Gasteiger partial charge in [0.15, 0.2) is 5.11 Å². The number of halogens is 1. The number of nitrogens with two attached hydrogens (primary N) is 1. The third-order valence-corrected chi connectivity index (χ3v) is 2.87. The van der Waals surface area contributed by atoms with Crippen molar-refractivity contribution in [3.05, 3.63) is 47.0 Å². The molecule has 0 aliphatic carbocycles. The second-order valence-electron chi connectivity index (χ2n) is 3.42. The smallest absolute Gasteiger partial charge is 0.184 e. The van der Waals surface area contributed by atoms with Gasteiger partial charge in [0.2, 0.25) is 0 Å². The molecule has 0 atom stereocenters. The molecule has 3 N–H and O–H groups in total. The van der Waals surface area contributed by atoms with Gasteiger partial charge in [0.25, 0.3) is 0 Å². The molecule has 5 nitrogen and oxygen atoms in total. The summed E-state index contributed by atoms with van der Waals surface area (Å²) >= 11 is 8.15. The molecule has 0 saturated carbocycles. The van der Waals surface area contributed by atoms with Gasteiger partial charge < -0.3 is 10.3 Å². The SMILES string of the molecule is NC(=S)NN=Cc1ccc(-n2ccnc2)c(Br)c1. The van der Waals surface area contributed by atoms with Crippen molar-refractivity contribution < 1.29 is 0 Å². The zero-order valence-corrected chi connectivity index (χ0v) is 11.6. The Morgan fingerprint density at radius 3 is 3.00 bits per heavy atom. The molecule has 0 spiro atoms.